The topological polar surface area (TPSA) is 84.4 Å². The highest BCUT2D eigenvalue weighted by Gasteiger charge is 2.31. The molecule has 1 N–H and O–H groups in total. The van der Waals surface area contributed by atoms with Gasteiger partial charge in [0, 0.05) is 13.0 Å². The predicted molar refractivity (Wildman–Crippen MR) is 125 cm³/mol. The van der Waals surface area contributed by atoms with Gasteiger partial charge in [0.05, 0.1) is 12.0 Å². The number of rotatable bonds is 9. The zero-order valence-electron chi connectivity index (χ0n) is 16.7. The van der Waals surface area contributed by atoms with Crippen LogP contribution >= 0.6 is 35.3 Å². The smallest absolute Gasteiger partial charge is 0.266 e. The molecule has 3 rings (SSSR count). The number of hydrogen-bond acceptors (Lipinski definition) is 8. The second-order valence-corrected chi connectivity index (χ2v) is 9.45. The van der Waals surface area contributed by atoms with E-state index in [1.807, 2.05) is 37.3 Å². The van der Waals surface area contributed by atoms with Gasteiger partial charge in [0.2, 0.25) is 11.0 Å². The summed E-state index contributed by atoms with van der Waals surface area (Å²) in [5, 5.41) is 11.8. The summed E-state index contributed by atoms with van der Waals surface area (Å²) >= 11 is 8.05. The van der Waals surface area contributed by atoms with Gasteiger partial charge in [-0.25, -0.2) is 0 Å². The van der Waals surface area contributed by atoms with Gasteiger partial charge < -0.3 is 10.1 Å². The van der Waals surface area contributed by atoms with Gasteiger partial charge in [-0.1, -0.05) is 53.9 Å². The van der Waals surface area contributed by atoms with E-state index in [4.69, 9.17) is 17.0 Å². The van der Waals surface area contributed by atoms with Crippen molar-refractivity contribution in [1.82, 2.24) is 15.1 Å². The molecule has 0 bridgehead atoms. The molecule has 1 fully saturated rings. The second-order valence-electron chi connectivity index (χ2n) is 6.59. The molecule has 1 saturated heterocycles. The molecule has 158 valence electrons. The molecule has 10 heteroatoms. The van der Waals surface area contributed by atoms with Crippen molar-refractivity contribution in [3.05, 3.63) is 39.7 Å². The van der Waals surface area contributed by atoms with Crippen molar-refractivity contribution in [3.8, 4) is 5.75 Å². The Hall–Kier alpha value is -2.30. The summed E-state index contributed by atoms with van der Waals surface area (Å²) in [6.45, 7) is 2.40. The molecule has 0 unspecified atom stereocenters. The molecule has 0 atom stereocenters. The number of aryl methyl sites for hydroxylation is 1. The van der Waals surface area contributed by atoms with Gasteiger partial charge in [0.1, 0.15) is 15.1 Å². The molecule has 1 aliphatic rings. The maximum Gasteiger partial charge on any atom is 0.266 e. The standard InChI is InChI=1S/C20H22N4O3S3/c1-13-22-23-19(29-13)21-17(25)6-4-3-5-11-24-18(26)16(30-20(24)28)12-14-7-9-15(27-2)10-8-14/h7-10,12H,3-6,11H2,1-2H3,(H,21,23,25)/b16-12-. The number of aromatic nitrogens is 2. The number of anilines is 1. The van der Waals surface area contributed by atoms with Gasteiger partial charge in [-0.2, -0.15) is 0 Å². The first kappa shape index (κ1) is 22.4. The molecule has 0 saturated carbocycles. The molecule has 0 aliphatic carbocycles. The van der Waals surface area contributed by atoms with Gasteiger partial charge in [-0.05, 0) is 43.5 Å². The average molecular weight is 463 g/mol. The minimum Gasteiger partial charge on any atom is -0.497 e. The fourth-order valence-corrected chi connectivity index (χ4v) is 4.72. The van der Waals surface area contributed by atoms with Gasteiger partial charge in [-0.3, -0.25) is 14.5 Å². The predicted octanol–water partition coefficient (Wildman–Crippen LogP) is 4.26. The maximum atomic E-state index is 12.7. The Morgan fingerprint density at radius 2 is 2.00 bits per heavy atom. The molecule has 30 heavy (non-hydrogen) atoms. The lowest BCUT2D eigenvalue weighted by Crippen LogP contribution is -2.29. The molecule has 0 spiro atoms. The fraction of sp³-hybridized carbons (Fsp3) is 0.350. The average Bonchev–Trinajstić information content (AvgIpc) is 3.25. The molecular formula is C20H22N4O3S3. The molecule has 1 aliphatic heterocycles. The van der Waals surface area contributed by atoms with Crippen LogP contribution in [-0.2, 0) is 9.59 Å². The minimum absolute atomic E-state index is 0.0646. The van der Waals surface area contributed by atoms with Crippen LogP contribution in [-0.4, -0.2) is 44.9 Å². The SMILES string of the molecule is COc1ccc(/C=C2\SC(=S)N(CCCCCC(=O)Nc3nnc(C)s3)C2=O)cc1. The highest BCUT2D eigenvalue weighted by molar-refractivity contribution is 8.26. The van der Waals surface area contributed by atoms with Crippen molar-refractivity contribution >= 4 is 62.7 Å². The monoisotopic (exact) mass is 462 g/mol. The van der Waals surface area contributed by atoms with Crippen LogP contribution in [0.15, 0.2) is 29.2 Å². The third kappa shape index (κ3) is 6.10. The van der Waals surface area contributed by atoms with E-state index in [9.17, 15) is 9.59 Å². The van der Waals surface area contributed by atoms with Crippen LogP contribution in [0.3, 0.4) is 0 Å². The summed E-state index contributed by atoms with van der Waals surface area (Å²) < 4.78 is 5.72. The van der Waals surface area contributed by atoms with E-state index < -0.39 is 0 Å². The number of amides is 2. The largest absolute Gasteiger partial charge is 0.497 e. The number of thioether (sulfide) groups is 1. The normalized spacial score (nSPS) is 15.1. The summed E-state index contributed by atoms with van der Waals surface area (Å²) in [5.74, 6) is 0.635. The summed E-state index contributed by atoms with van der Waals surface area (Å²) in [7, 11) is 1.62. The molecule has 1 aromatic heterocycles. The number of methoxy groups -OCH3 is 1. The Kier molecular flexibility index (Phi) is 7.94. The number of carbonyl (C=O) groups is 2. The van der Waals surface area contributed by atoms with Gasteiger partial charge in [0.25, 0.3) is 5.91 Å². The van der Waals surface area contributed by atoms with Crippen molar-refractivity contribution in [3.63, 3.8) is 0 Å². The van der Waals surface area contributed by atoms with Crippen LogP contribution < -0.4 is 10.1 Å². The van der Waals surface area contributed by atoms with Gasteiger partial charge in [-0.15, -0.1) is 10.2 Å². The Morgan fingerprint density at radius 3 is 2.67 bits per heavy atom. The van der Waals surface area contributed by atoms with E-state index in [1.54, 1.807) is 12.0 Å². The van der Waals surface area contributed by atoms with Crippen molar-refractivity contribution in [1.29, 1.82) is 0 Å². The second kappa shape index (κ2) is 10.6. The Bertz CT molecular complexity index is 956. The summed E-state index contributed by atoms with van der Waals surface area (Å²) in [6.07, 6.45) is 4.61. The third-order valence-corrected chi connectivity index (χ3v) is 6.48. The Labute approximate surface area is 188 Å². The molecular weight excluding hydrogens is 440 g/mol. The maximum absolute atomic E-state index is 12.7. The first-order chi connectivity index (χ1) is 14.5. The number of thiocarbonyl (C=S) groups is 1. The first-order valence-corrected chi connectivity index (χ1v) is 11.5. The molecule has 0 radical (unpaired) electrons. The van der Waals surface area contributed by atoms with E-state index in [-0.39, 0.29) is 11.8 Å². The lowest BCUT2D eigenvalue weighted by Gasteiger charge is -2.14. The van der Waals surface area contributed by atoms with Crippen molar-refractivity contribution in [2.45, 2.75) is 32.6 Å². The van der Waals surface area contributed by atoms with Crippen molar-refractivity contribution in [2.75, 3.05) is 19.0 Å². The molecule has 2 amide bonds. The Morgan fingerprint density at radius 1 is 1.23 bits per heavy atom. The number of unbranched alkanes of at least 4 members (excludes halogenated alkanes) is 2. The highest BCUT2D eigenvalue weighted by atomic mass is 32.2. The highest BCUT2D eigenvalue weighted by Crippen LogP contribution is 2.33. The zero-order valence-corrected chi connectivity index (χ0v) is 19.2. The first-order valence-electron chi connectivity index (χ1n) is 9.45. The van der Waals surface area contributed by atoms with E-state index in [0.717, 1.165) is 35.6 Å². The third-order valence-electron chi connectivity index (χ3n) is 4.35. The lowest BCUT2D eigenvalue weighted by atomic mass is 10.1. The van der Waals surface area contributed by atoms with Crippen LogP contribution in [0.1, 0.15) is 36.3 Å². The summed E-state index contributed by atoms with van der Waals surface area (Å²) in [6, 6.07) is 7.52. The van der Waals surface area contributed by atoms with Crippen LogP contribution in [0.5, 0.6) is 5.75 Å². The summed E-state index contributed by atoms with van der Waals surface area (Å²) in [5.41, 5.74) is 0.924. The van der Waals surface area contributed by atoms with Crippen LogP contribution in [0.2, 0.25) is 0 Å². The van der Waals surface area contributed by atoms with Crippen molar-refractivity contribution in [2.24, 2.45) is 0 Å². The van der Waals surface area contributed by atoms with E-state index in [0.29, 0.717) is 27.3 Å². The lowest BCUT2D eigenvalue weighted by molar-refractivity contribution is -0.122. The quantitative estimate of drug-likeness (QED) is 0.339. The Balaban J connectivity index is 1.42. The van der Waals surface area contributed by atoms with Crippen LogP contribution in [0, 0.1) is 6.92 Å². The molecule has 2 aromatic rings. The van der Waals surface area contributed by atoms with E-state index >= 15 is 0 Å². The molecule has 2 heterocycles. The number of nitrogens with zero attached hydrogens (tertiary/aromatic N) is 3. The molecule has 1 aromatic carbocycles. The number of benzene rings is 1. The number of hydrogen-bond donors (Lipinski definition) is 1. The zero-order chi connectivity index (χ0) is 21.5. The number of nitrogens with one attached hydrogen (secondary N) is 1. The number of ether oxygens (including phenoxy) is 1. The van der Waals surface area contributed by atoms with Gasteiger partial charge in [0.15, 0.2) is 0 Å². The minimum atomic E-state index is -0.0702. The van der Waals surface area contributed by atoms with Crippen LogP contribution in [0.25, 0.3) is 6.08 Å². The number of carbonyl (C=O) groups excluding carboxylic acids is 2. The fourth-order valence-electron chi connectivity index (χ4n) is 2.81. The van der Waals surface area contributed by atoms with E-state index in [1.165, 1.54) is 23.1 Å². The van der Waals surface area contributed by atoms with Gasteiger partial charge >= 0.3 is 0 Å². The van der Waals surface area contributed by atoms with E-state index in [2.05, 4.69) is 15.5 Å². The molecule has 7 nitrogen and oxygen atoms in total. The van der Waals surface area contributed by atoms with Crippen LogP contribution in [0.4, 0.5) is 5.13 Å². The van der Waals surface area contributed by atoms with Crippen molar-refractivity contribution < 1.29 is 14.3 Å². The summed E-state index contributed by atoms with van der Waals surface area (Å²) in [4.78, 5) is 26.9.